The van der Waals surface area contributed by atoms with Crippen LogP contribution in [0, 0.1) is 0 Å². The van der Waals surface area contributed by atoms with E-state index in [9.17, 15) is 9.90 Å². The van der Waals surface area contributed by atoms with Crippen molar-refractivity contribution >= 4 is 11.5 Å². The Bertz CT molecular complexity index is 543. The van der Waals surface area contributed by atoms with Crippen molar-refractivity contribution in [3.63, 3.8) is 0 Å². The number of benzene rings is 1. The molecule has 1 aromatic carbocycles. The molecule has 1 aliphatic carbocycles. The van der Waals surface area contributed by atoms with Crippen molar-refractivity contribution in [2.75, 3.05) is 5.32 Å². The predicted octanol–water partition coefficient (Wildman–Crippen LogP) is 1.94. The van der Waals surface area contributed by atoms with Crippen LogP contribution in [0.4, 0.5) is 5.69 Å². The number of allylic oxidation sites excluding steroid dienone is 2. The third-order valence-corrected chi connectivity index (χ3v) is 2.51. The fraction of sp³-hybridized carbons (Fsp3) is 0.0833. The van der Waals surface area contributed by atoms with Gasteiger partial charge in [-0.1, -0.05) is 0 Å². The van der Waals surface area contributed by atoms with E-state index < -0.39 is 0 Å². The molecule has 2 N–H and O–H groups in total. The number of hydrogen-bond donors (Lipinski definition) is 2. The molecule has 1 aromatic rings. The zero-order chi connectivity index (χ0) is 11.1. The first-order chi connectivity index (χ1) is 7.72. The molecule has 1 heterocycles. The molecule has 16 heavy (non-hydrogen) atoms. The summed E-state index contributed by atoms with van der Waals surface area (Å²) in [6, 6.07) is 4.81. The Labute approximate surface area is 91.8 Å². The molecular weight excluding hydrogens is 206 g/mol. The number of ketones is 1. The average Bonchev–Trinajstić information content (AvgIpc) is 2.26. The highest BCUT2D eigenvalue weighted by Crippen LogP contribution is 2.37. The van der Waals surface area contributed by atoms with Crippen LogP contribution in [0.2, 0.25) is 0 Å². The molecule has 0 saturated heterocycles. The van der Waals surface area contributed by atoms with Gasteiger partial charge in [-0.2, -0.15) is 0 Å². The van der Waals surface area contributed by atoms with E-state index in [0.717, 1.165) is 5.69 Å². The maximum Gasteiger partial charge on any atom is 0.161 e. The van der Waals surface area contributed by atoms with Crippen molar-refractivity contribution in [3.05, 3.63) is 41.8 Å². The Morgan fingerprint density at radius 2 is 2.25 bits per heavy atom. The lowest BCUT2D eigenvalue weighted by molar-refractivity contribution is -0.114. The van der Waals surface area contributed by atoms with Crippen molar-refractivity contribution in [3.8, 4) is 11.5 Å². The van der Waals surface area contributed by atoms with E-state index in [4.69, 9.17) is 4.74 Å². The number of aromatic hydroxyl groups is 1. The lowest BCUT2D eigenvalue weighted by Gasteiger charge is -2.25. The van der Waals surface area contributed by atoms with Gasteiger partial charge in [0.05, 0.1) is 11.4 Å². The number of phenols is 1. The Morgan fingerprint density at radius 3 is 3.12 bits per heavy atom. The topological polar surface area (TPSA) is 58.6 Å². The standard InChI is InChI=1S/C12H9NO3/c14-7-2-4-11-10(5-7)13-9-3-1-8(15)6-12(9)16-11/h1,3-6,13,15H,2H2. The number of hydrogen-bond acceptors (Lipinski definition) is 4. The van der Waals surface area contributed by atoms with Gasteiger partial charge in [0.25, 0.3) is 0 Å². The van der Waals surface area contributed by atoms with Crippen molar-refractivity contribution in [2.24, 2.45) is 0 Å². The molecule has 0 bridgehead atoms. The molecule has 1 aliphatic heterocycles. The van der Waals surface area contributed by atoms with Gasteiger partial charge in [0.1, 0.15) is 11.5 Å². The second-order valence-electron chi connectivity index (χ2n) is 3.70. The number of fused-ring (bicyclic) bond motifs is 2. The Kier molecular flexibility index (Phi) is 1.77. The van der Waals surface area contributed by atoms with Gasteiger partial charge >= 0.3 is 0 Å². The summed E-state index contributed by atoms with van der Waals surface area (Å²) in [5.74, 6) is 1.41. The average molecular weight is 215 g/mol. The van der Waals surface area contributed by atoms with Gasteiger partial charge in [-0.25, -0.2) is 0 Å². The van der Waals surface area contributed by atoms with Gasteiger partial charge in [0.15, 0.2) is 11.5 Å². The minimum absolute atomic E-state index is 0.0529. The summed E-state index contributed by atoms with van der Waals surface area (Å²) in [7, 11) is 0. The molecule has 0 aromatic heterocycles. The molecule has 0 fully saturated rings. The number of ether oxygens (including phenoxy) is 1. The number of rotatable bonds is 0. The van der Waals surface area contributed by atoms with Crippen LogP contribution in [0.3, 0.4) is 0 Å². The third-order valence-electron chi connectivity index (χ3n) is 2.51. The first-order valence-corrected chi connectivity index (χ1v) is 4.95. The molecule has 0 saturated carbocycles. The quantitative estimate of drug-likeness (QED) is 0.649. The van der Waals surface area contributed by atoms with Crippen LogP contribution in [0.15, 0.2) is 41.8 Å². The predicted molar refractivity (Wildman–Crippen MR) is 58.1 cm³/mol. The Balaban J connectivity index is 2.07. The van der Waals surface area contributed by atoms with Crippen molar-refractivity contribution in [1.82, 2.24) is 0 Å². The largest absolute Gasteiger partial charge is 0.508 e. The van der Waals surface area contributed by atoms with Gasteiger partial charge < -0.3 is 15.2 Å². The summed E-state index contributed by atoms with van der Waals surface area (Å²) in [5, 5.41) is 12.4. The van der Waals surface area contributed by atoms with Crippen LogP contribution in [-0.2, 0) is 4.79 Å². The molecule has 3 rings (SSSR count). The fourth-order valence-electron chi connectivity index (χ4n) is 1.75. The van der Waals surface area contributed by atoms with Gasteiger partial charge in [-0.15, -0.1) is 0 Å². The number of phenolic OH excluding ortho intramolecular Hbond substituents is 1. The highest BCUT2D eigenvalue weighted by Gasteiger charge is 2.22. The molecule has 0 unspecified atom stereocenters. The second-order valence-corrected chi connectivity index (χ2v) is 3.70. The fourth-order valence-corrected chi connectivity index (χ4v) is 1.75. The highest BCUT2D eigenvalue weighted by atomic mass is 16.5. The minimum Gasteiger partial charge on any atom is -0.508 e. The molecule has 0 atom stereocenters. The first kappa shape index (κ1) is 9.03. The SMILES string of the molecule is O=C1C=C2Nc3ccc(O)cc3OC2=CC1. The van der Waals surface area contributed by atoms with E-state index in [1.54, 1.807) is 18.2 Å². The molecule has 0 radical (unpaired) electrons. The smallest absolute Gasteiger partial charge is 0.161 e. The van der Waals surface area contributed by atoms with Crippen molar-refractivity contribution in [2.45, 2.75) is 6.42 Å². The van der Waals surface area contributed by atoms with E-state index in [-0.39, 0.29) is 11.5 Å². The summed E-state index contributed by atoms with van der Waals surface area (Å²) in [6.07, 6.45) is 3.62. The summed E-state index contributed by atoms with van der Waals surface area (Å²) in [5.41, 5.74) is 1.42. The van der Waals surface area contributed by atoms with Gasteiger partial charge in [0, 0.05) is 18.6 Å². The van der Waals surface area contributed by atoms with Crippen LogP contribution in [0.5, 0.6) is 11.5 Å². The molecule has 4 nitrogen and oxygen atoms in total. The molecule has 2 aliphatic rings. The van der Waals surface area contributed by atoms with Crippen LogP contribution in [0.1, 0.15) is 6.42 Å². The molecule has 0 amide bonds. The maximum absolute atomic E-state index is 11.2. The number of carbonyl (C=O) groups excluding carboxylic acids is 1. The van der Waals surface area contributed by atoms with Crippen molar-refractivity contribution in [1.29, 1.82) is 0 Å². The maximum atomic E-state index is 11.2. The molecular formula is C12H9NO3. The van der Waals surface area contributed by atoms with E-state index in [1.807, 2.05) is 0 Å². The highest BCUT2D eigenvalue weighted by molar-refractivity contribution is 5.94. The van der Waals surface area contributed by atoms with Crippen molar-refractivity contribution < 1.29 is 14.6 Å². The van der Waals surface area contributed by atoms with Gasteiger partial charge in [0.2, 0.25) is 0 Å². The van der Waals surface area contributed by atoms with Gasteiger partial charge in [-0.3, -0.25) is 4.79 Å². The summed E-state index contributed by atoms with van der Waals surface area (Å²) in [4.78, 5) is 11.2. The lowest BCUT2D eigenvalue weighted by Crippen LogP contribution is -2.18. The Morgan fingerprint density at radius 1 is 1.38 bits per heavy atom. The number of anilines is 1. The zero-order valence-corrected chi connectivity index (χ0v) is 8.36. The summed E-state index contributed by atoms with van der Waals surface area (Å²) < 4.78 is 5.58. The van der Waals surface area contributed by atoms with E-state index >= 15 is 0 Å². The minimum atomic E-state index is 0.0529. The lowest BCUT2D eigenvalue weighted by atomic mass is 10.1. The summed E-state index contributed by atoms with van der Waals surface area (Å²) >= 11 is 0. The number of carbonyl (C=O) groups is 1. The van der Waals surface area contributed by atoms with Gasteiger partial charge in [-0.05, 0) is 18.2 Å². The van der Waals surface area contributed by atoms with E-state index in [1.165, 1.54) is 12.1 Å². The number of nitrogens with one attached hydrogen (secondary N) is 1. The zero-order valence-electron chi connectivity index (χ0n) is 8.36. The van der Waals surface area contributed by atoms with Crippen LogP contribution < -0.4 is 10.1 Å². The molecule has 4 heteroatoms. The summed E-state index contributed by atoms with van der Waals surface area (Å²) in [6.45, 7) is 0. The van der Waals surface area contributed by atoms with Crippen LogP contribution in [-0.4, -0.2) is 10.9 Å². The van der Waals surface area contributed by atoms with E-state index in [2.05, 4.69) is 5.32 Å². The Hall–Kier alpha value is -2.23. The second kappa shape index (κ2) is 3.13. The van der Waals surface area contributed by atoms with Crippen LogP contribution >= 0.6 is 0 Å². The third kappa shape index (κ3) is 1.35. The molecule has 80 valence electrons. The van der Waals surface area contributed by atoms with Crippen LogP contribution in [0.25, 0.3) is 0 Å². The first-order valence-electron chi connectivity index (χ1n) is 4.95. The molecule has 0 spiro atoms. The monoisotopic (exact) mass is 215 g/mol. The van der Waals surface area contributed by atoms with E-state index in [0.29, 0.717) is 23.6 Å². The normalized spacial score (nSPS) is 17.4.